The smallest absolute Gasteiger partial charge is 0.0399 e. The fraction of sp³-hybridized carbons (Fsp3) is 0.647. The predicted molar refractivity (Wildman–Crippen MR) is 88.6 cm³/mol. The lowest BCUT2D eigenvalue weighted by molar-refractivity contribution is 0.400. The van der Waals surface area contributed by atoms with Crippen LogP contribution in [0.15, 0.2) is 24.3 Å². The molecule has 2 aliphatic rings. The van der Waals surface area contributed by atoms with Gasteiger partial charge >= 0.3 is 0 Å². The molecule has 0 amide bonds. The lowest BCUT2D eigenvalue weighted by Crippen LogP contribution is -2.37. The normalized spacial score (nSPS) is 32.2. The monoisotopic (exact) mass is 288 g/mol. The van der Waals surface area contributed by atoms with Crippen LogP contribution in [0.2, 0.25) is 0 Å². The zero-order chi connectivity index (χ0) is 14.8. The zero-order valence-corrected chi connectivity index (χ0v) is 13.4. The fourth-order valence-corrected chi connectivity index (χ4v) is 3.71. The van der Waals surface area contributed by atoms with Crippen molar-refractivity contribution in [3.63, 3.8) is 0 Å². The van der Waals surface area contributed by atoms with Gasteiger partial charge in [-0.15, -0.1) is 0 Å². The van der Waals surface area contributed by atoms with Crippen LogP contribution in [0, 0.1) is 5.92 Å². The van der Waals surface area contributed by atoms with Gasteiger partial charge in [-0.1, -0.05) is 18.2 Å². The van der Waals surface area contributed by atoms with Crippen LogP contribution in [0.3, 0.4) is 0 Å². The first-order chi connectivity index (χ1) is 10.2. The minimum Gasteiger partial charge on any atom is -0.374 e. The van der Waals surface area contributed by atoms with Crippen molar-refractivity contribution in [2.45, 2.75) is 38.3 Å². The summed E-state index contributed by atoms with van der Waals surface area (Å²) in [5, 5.41) is 3.72. The average Bonchev–Trinajstić information content (AvgIpc) is 2.81. The second kappa shape index (κ2) is 6.34. The Morgan fingerprint density at radius 1 is 1.14 bits per heavy atom. The van der Waals surface area contributed by atoms with E-state index in [0.29, 0.717) is 23.9 Å². The van der Waals surface area contributed by atoms with Crippen LogP contribution in [-0.2, 0) is 0 Å². The Kier molecular flexibility index (Phi) is 4.48. The van der Waals surface area contributed by atoms with E-state index in [4.69, 9.17) is 0 Å². The van der Waals surface area contributed by atoms with Gasteiger partial charge in [0, 0.05) is 56.3 Å². The molecule has 0 radical (unpaired) electrons. The van der Waals surface area contributed by atoms with E-state index in [-0.39, 0.29) is 0 Å². The number of rotatable bonds is 4. The molecule has 0 bridgehead atoms. The summed E-state index contributed by atoms with van der Waals surface area (Å²) in [5.41, 5.74) is 9.57. The van der Waals surface area contributed by atoms with Crippen LogP contribution in [0.1, 0.15) is 31.7 Å². The second-order valence-electron chi connectivity index (χ2n) is 6.65. The molecule has 3 rings (SSSR count). The molecule has 3 unspecified atom stereocenters. The minimum absolute atomic E-state index is 0.539. The predicted octanol–water partition coefficient (Wildman–Crippen LogP) is 1.70. The minimum atomic E-state index is 0.539. The van der Waals surface area contributed by atoms with Crippen LogP contribution in [0.4, 0.5) is 5.69 Å². The molecule has 3 N–H and O–H groups in total. The molecule has 2 heterocycles. The summed E-state index contributed by atoms with van der Waals surface area (Å²) in [6, 6.07) is 9.93. The van der Waals surface area contributed by atoms with Crippen LogP contribution in [0.5, 0.6) is 0 Å². The molecule has 0 aromatic heterocycles. The van der Waals surface area contributed by atoms with Crippen molar-refractivity contribution in [3.05, 3.63) is 29.8 Å². The van der Waals surface area contributed by atoms with E-state index in [0.717, 1.165) is 19.6 Å². The van der Waals surface area contributed by atoms with E-state index in [1.165, 1.54) is 17.7 Å². The number of hydrazine groups is 1. The number of nitrogens with one attached hydrogen (secondary N) is 3. The average molecular weight is 288 g/mol. The molecule has 0 saturated carbocycles. The van der Waals surface area contributed by atoms with Gasteiger partial charge in [0.05, 0.1) is 0 Å². The summed E-state index contributed by atoms with van der Waals surface area (Å²) in [5.74, 6) is 1.30. The van der Waals surface area contributed by atoms with Gasteiger partial charge in [0.15, 0.2) is 0 Å². The number of para-hydroxylation sites is 1. The number of hydrogen-bond acceptors (Lipinski definition) is 4. The maximum Gasteiger partial charge on any atom is 0.0399 e. The Balaban J connectivity index is 1.58. The Hall–Kier alpha value is -1.10. The fourth-order valence-electron chi connectivity index (χ4n) is 3.71. The van der Waals surface area contributed by atoms with Crippen LogP contribution in [0.25, 0.3) is 0 Å². The maximum atomic E-state index is 3.72. The molecular weight excluding hydrogens is 260 g/mol. The van der Waals surface area contributed by atoms with Gasteiger partial charge in [-0.3, -0.25) is 10.9 Å². The second-order valence-corrected chi connectivity index (χ2v) is 6.65. The van der Waals surface area contributed by atoms with E-state index in [9.17, 15) is 0 Å². The Morgan fingerprint density at radius 2 is 1.86 bits per heavy atom. The first-order valence-electron chi connectivity index (χ1n) is 8.18. The van der Waals surface area contributed by atoms with E-state index in [1.807, 2.05) is 0 Å². The van der Waals surface area contributed by atoms with E-state index in [2.05, 4.69) is 66.2 Å². The summed E-state index contributed by atoms with van der Waals surface area (Å²) in [6.07, 6.45) is 1.24. The van der Waals surface area contributed by atoms with Crippen LogP contribution >= 0.6 is 0 Å². The number of nitrogens with zero attached hydrogens (tertiary/aromatic N) is 1. The van der Waals surface area contributed by atoms with Crippen LogP contribution in [-0.4, -0.2) is 38.8 Å². The highest BCUT2D eigenvalue weighted by molar-refractivity contribution is 5.56. The zero-order valence-electron chi connectivity index (χ0n) is 13.4. The first kappa shape index (κ1) is 14.8. The lowest BCUT2D eigenvalue weighted by Gasteiger charge is -2.33. The third kappa shape index (κ3) is 3.07. The van der Waals surface area contributed by atoms with Gasteiger partial charge in [0.2, 0.25) is 0 Å². The number of fused-ring (bicyclic) bond motifs is 1. The summed E-state index contributed by atoms with van der Waals surface area (Å²) in [4.78, 5) is 2.38. The van der Waals surface area contributed by atoms with Crippen molar-refractivity contribution in [1.82, 2.24) is 16.2 Å². The van der Waals surface area contributed by atoms with Gasteiger partial charge in [-0.05, 0) is 31.9 Å². The molecular formula is C17H28N4. The summed E-state index contributed by atoms with van der Waals surface area (Å²) < 4.78 is 0. The van der Waals surface area contributed by atoms with E-state index >= 15 is 0 Å². The molecule has 1 aromatic rings. The maximum absolute atomic E-state index is 3.72. The van der Waals surface area contributed by atoms with Crippen LogP contribution < -0.4 is 21.1 Å². The van der Waals surface area contributed by atoms with Gasteiger partial charge in [0.1, 0.15) is 0 Å². The van der Waals surface area contributed by atoms with Crippen molar-refractivity contribution in [2.75, 3.05) is 31.6 Å². The quantitative estimate of drug-likeness (QED) is 0.789. The Morgan fingerprint density at radius 3 is 2.62 bits per heavy atom. The molecule has 2 aliphatic heterocycles. The van der Waals surface area contributed by atoms with Gasteiger partial charge in [-0.25, -0.2) is 0 Å². The number of anilines is 1. The van der Waals surface area contributed by atoms with Gasteiger partial charge < -0.3 is 10.2 Å². The van der Waals surface area contributed by atoms with Crippen molar-refractivity contribution in [3.8, 4) is 0 Å². The lowest BCUT2D eigenvalue weighted by atomic mass is 9.89. The third-order valence-electron chi connectivity index (χ3n) is 5.19. The number of benzene rings is 1. The highest BCUT2D eigenvalue weighted by Crippen LogP contribution is 2.33. The topological polar surface area (TPSA) is 39.3 Å². The molecule has 1 saturated heterocycles. The third-order valence-corrected chi connectivity index (χ3v) is 5.19. The highest BCUT2D eigenvalue weighted by Gasteiger charge is 2.29. The van der Waals surface area contributed by atoms with Gasteiger partial charge in [0.25, 0.3) is 0 Å². The van der Waals surface area contributed by atoms with E-state index < -0.39 is 0 Å². The molecule has 4 nitrogen and oxygen atoms in total. The molecule has 116 valence electrons. The van der Waals surface area contributed by atoms with Crippen molar-refractivity contribution < 1.29 is 0 Å². The Bertz CT molecular complexity index is 466. The molecule has 1 fully saturated rings. The van der Waals surface area contributed by atoms with Crippen molar-refractivity contribution in [2.24, 2.45) is 5.92 Å². The highest BCUT2D eigenvalue weighted by atomic mass is 15.4. The molecule has 3 atom stereocenters. The first-order valence-corrected chi connectivity index (χ1v) is 8.18. The summed E-state index contributed by atoms with van der Waals surface area (Å²) >= 11 is 0. The largest absolute Gasteiger partial charge is 0.374 e. The molecule has 4 heteroatoms. The Labute approximate surface area is 128 Å². The van der Waals surface area contributed by atoms with Crippen molar-refractivity contribution >= 4 is 5.69 Å². The summed E-state index contributed by atoms with van der Waals surface area (Å²) in [6.45, 7) is 7.84. The van der Waals surface area contributed by atoms with E-state index in [1.54, 1.807) is 0 Å². The number of hydrogen-bond donors (Lipinski definition) is 3. The summed E-state index contributed by atoms with van der Waals surface area (Å²) in [7, 11) is 2.20. The van der Waals surface area contributed by atoms with Crippen molar-refractivity contribution in [1.29, 1.82) is 0 Å². The molecule has 0 aliphatic carbocycles. The molecule has 21 heavy (non-hydrogen) atoms. The standard InChI is InChI=1S/C17H28N4/c1-12-16(13(2)20-19-12)11-18-10-14-8-9-21(3)17-7-5-4-6-15(14)17/h4-7,12-14,16,18-20H,8-11H2,1-3H3. The SMILES string of the molecule is CC1NNC(C)C1CNCC1CCN(C)c2ccccc21. The van der Waals surface area contributed by atoms with Gasteiger partial charge in [-0.2, -0.15) is 0 Å². The molecule has 0 spiro atoms. The molecule has 1 aromatic carbocycles.